The van der Waals surface area contributed by atoms with Gasteiger partial charge in [-0.2, -0.15) is 0 Å². The Labute approximate surface area is 167 Å². The molecule has 0 aliphatic carbocycles. The minimum atomic E-state index is -0.149. The molecule has 2 aromatic carbocycles. The third-order valence-corrected chi connectivity index (χ3v) is 5.76. The van der Waals surface area contributed by atoms with Crippen LogP contribution >= 0.6 is 11.3 Å². The van der Waals surface area contributed by atoms with E-state index in [0.717, 1.165) is 42.9 Å². The minimum absolute atomic E-state index is 0.0516. The molecule has 144 valence electrons. The lowest BCUT2D eigenvalue weighted by Crippen LogP contribution is -2.48. The molecule has 1 aliphatic heterocycles. The smallest absolute Gasteiger partial charge is 0.253 e. The van der Waals surface area contributed by atoms with E-state index in [4.69, 9.17) is 0 Å². The lowest BCUT2D eigenvalue weighted by Gasteiger charge is -2.34. The number of thiazole rings is 1. The average Bonchev–Trinajstić information content (AvgIpc) is 3.09. The van der Waals surface area contributed by atoms with Crippen LogP contribution in [0.4, 0.5) is 5.13 Å². The SMILES string of the molecule is CC(=O)Nc1nc2ccc(C(=O)N3CCN(Cc4ccccc4)CC3)cc2s1. The van der Waals surface area contributed by atoms with Gasteiger partial charge in [0.1, 0.15) is 0 Å². The van der Waals surface area contributed by atoms with E-state index in [1.807, 2.05) is 29.2 Å². The molecule has 1 fully saturated rings. The van der Waals surface area contributed by atoms with Crippen LogP contribution < -0.4 is 5.32 Å². The average molecular weight is 395 g/mol. The van der Waals surface area contributed by atoms with Crippen molar-refractivity contribution in [3.8, 4) is 0 Å². The van der Waals surface area contributed by atoms with Crippen LogP contribution in [0, 0.1) is 0 Å². The summed E-state index contributed by atoms with van der Waals surface area (Å²) in [6, 6.07) is 15.9. The summed E-state index contributed by atoms with van der Waals surface area (Å²) in [5.41, 5.74) is 2.76. The summed E-state index contributed by atoms with van der Waals surface area (Å²) in [5.74, 6) is -0.0977. The van der Waals surface area contributed by atoms with E-state index in [1.54, 1.807) is 0 Å². The lowest BCUT2D eigenvalue weighted by atomic mass is 10.1. The number of carbonyl (C=O) groups excluding carboxylic acids is 2. The number of benzene rings is 2. The second-order valence-electron chi connectivity index (χ2n) is 6.94. The largest absolute Gasteiger partial charge is 0.336 e. The predicted molar refractivity (Wildman–Crippen MR) is 112 cm³/mol. The van der Waals surface area contributed by atoms with E-state index in [9.17, 15) is 9.59 Å². The number of piperazine rings is 1. The van der Waals surface area contributed by atoms with Crippen molar-refractivity contribution in [2.75, 3.05) is 31.5 Å². The van der Waals surface area contributed by atoms with Gasteiger partial charge < -0.3 is 10.2 Å². The van der Waals surface area contributed by atoms with Crippen LogP contribution in [-0.2, 0) is 11.3 Å². The Morgan fingerprint density at radius 1 is 1.07 bits per heavy atom. The Balaban J connectivity index is 1.40. The van der Waals surface area contributed by atoms with Crippen LogP contribution in [0.25, 0.3) is 10.2 Å². The fraction of sp³-hybridized carbons (Fsp3) is 0.286. The number of hydrogen-bond acceptors (Lipinski definition) is 5. The van der Waals surface area contributed by atoms with Gasteiger partial charge in [0, 0.05) is 45.2 Å². The highest BCUT2D eigenvalue weighted by Gasteiger charge is 2.22. The van der Waals surface area contributed by atoms with Crippen molar-refractivity contribution in [1.82, 2.24) is 14.8 Å². The fourth-order valence-corrected chi connectivity index (χ4v) is 4.35. The summed E-state index contributed by atoms with van der Waals surface area (Å²) in [5, 5.41) is 3.26. The molecule has 1 aromatic heterocycles. The zero-order valence-corrected chi connectivity index (χ0v) is 16.5. The molecule has 1 aliphatic rings. The Morgan fingerprint density at radius 3 is 2.54 bits per heavy atom. The van der Waals surface area contributed by atoms with Crippen molar-refractivity contribution in [2.24, 2.45) is 0 Å². The number of carbonyl (C=O) groups is 2. The van der Waals surface area contributed by atoms with Crippen molar-refractivity contribution >= 4 is 38.5 Å². The number of rotatable bonds is 4. The summed E-state index contributed by atoms with van der Waals surface area (Å²) >= 11 is 1.38. The van der Waals surface area contributed by atoms with Gasteiger partial charge in [0.05, 0.1) is 10.2 Å². The molecule has 0 unspecified atom stereocenters. The van der Waals surface area contributed by atoms with Crippen molar-refractivity contribution < 1.29 is 9.59 Å². The topological polar surface area (TPSA) is 65.5 Å². The zero-order chi connectivity index (χ0) is 19.5. The van der Waals surface area contributed by atoms with Gasteiger partial charge >= 0.3 is 0 Å². The first kappa shape index (κ1) is 18.6. The van der Waals surface area contributed by atoms with E-state index in [1.165, 1.54) is 23.8 Å². The predicted octanol–water partition coefficient (Wildman–Crippen LogP) is 3.21. The number of nitrogens with one attached hydrogen (secondary N) is 1. The normalized spacial score (nSPS) is 15.0. The molecule has 1 N–H and O–H groups in total. The summed E-state index contributed by atoms with van der Waals surface area (Å²) in [6.07, 6.45) is 0. The summed E-state index contributed by atoms with van der Waals surface area (Å²) in [4.78, 5) is 32.8. The van der Waals surface area contributed by atoms with Gasteiger partial charge in [-0.25, -0.2) is 4.98 Å². The monoisotopic (exact) mass is 394 g/mol. The molecule has 2 amide bonds. The van der Waals surface area contributed by atoms with Crippen molar-refractivity contribution in [3.05, 3.63) is 59.7 Å². The maximum atomic E-state index is 12.9. The third-order valence-electron chi connectivity index (χ3n) is 4.83. The summed E-state index contributed by atoms with van der Waals surface area (Å²) in [6.45, 7) is 5.57. The van der Waals surface area contributed by atoms with E-state index in [-0.39, 0.29) is 11.8 Å². The molecule has 0 atom stereocenters. The van der Waals surface area contributed by atoms with Gasteiger partial charge in [-0.05, 0) is 23.8 Å². The molecule has 3 aromatic rings. The number of aromatic nitrogens is 1. The minimum Gasteiger partial charge on any atom is -0.336 e. The first-order chi connectivity index (χ1) is 13.6. The van der Waals surface area contributed by atoms with E-state index in [0.29, 0.717) is 10.7 Å². The Bertz CT molecular complexity index is 994. The number of nitrogens with zero attached hydrogens (tertiary/aromatic N) is 3. The standard InChI is InChI=1S/C21H22N4O2S/c1-15(26)22-21-23-18-8-7-17(13-19(18)28-21)20(27)25-11-9-24(10-12-25)14-16-5-3-2-4-6-16/h2-8,13H,9-12,14H2,1H3,(H,22,23,26). The van der Waals surface area contributed by atoms with Crippen LogP contribution in [0.2, 0.25) is 0 Å². The van der Waals surface area contributed by atoms with Gasteiger partial charge in [-0.15, -0.1) is 0 Å². The van der Waals surface area contributed by atoms with E-state index in [2.05, 4.69) is 39.5 Å². The highest BCUT2D eigenvalue weighted by molar-refractivity contribution is 7.22. The highest BCUT2D eigenvalue weighted by Crippen LogP contribution is 2.27. The molecular formula is C21H22N4O2S. The molecule has 7 heteroatoms. The molecule has 0 bridgehead atoms. The molecular weight excluding hydrogens is 372 g/mol. The quantitative estimate of drug-likeness (QED) is 0.738. The molecule has 0 spiro atoms. The molecule has 0 saturated carbocycles. The second-order valence-corrected chi connectivity index (χ2v) is 7.97. The molecule has 0 radical (unpaired) electrons. The van der Waals surface area contributed by atoms with E-state index < -0.39 is 0 Å². The maximum Gasteiger partial charge on any atom is 0.253 e. The van der Waals surface area contributed by atoms with Gasteiger partial charge in [0.25, 0.3) is 5.91 Å². The van der Waals surface area contributed by atoms with Crippen LogP contribution in [-0.4, -0.2) is 52.8 Å². The fourth-order valence-electron chi connectivity index (χ4n) is 3.39. The number of anilines is 1. The third kappa shape index (κ3) is 4.21. The Hall–Kier alpha value is -2.77. The number of fused-ring (bicyclic) bond motifs is 1. The lowest BCUT2D eigenvalue weighted by molar-refractivity contribution is -0.114. The second kappa shape index (κ2) is 8.08. The highest BCUT2D eigenvalue weighted by atomic mass is 32.1. The summed E-state index contributed by atoms with van der Waals surface area (Å²) in [7, 11) is 0. The van der Waals surface area contributed by atoms with Crippen molar-refractivity contribution in [3.63, 3.8) is 0 Å². The first-order valence-electron chi connectivity index (χ1n) is 9.32. The number of amides is 2. The van der Waals surface area contributed by atoms with Crippen LogP contribution in [0.1, 0.15) is 22.8 Å². The zero-order valence-electron chi connectivity index (χ0n) is 15.7. The van der Waals surface area contributed by atoms with Crippen LogP contribution in [0.15, 0.2) is 48.5 Å². The van der Waals surface area contributed by atoms with Crippen molar-refractivity contribution in [2.45, 2.75) is 13.5 Å². The molecule has 1 saturated heterocycles. The van der Waals surface area contributed by atoms with Crippen LogP contribution in [0.5, 0.6) is 0 Å². The van der Waals surface area contributed by atoms with Gasteiger partial charge in [0.15, 0.2) is 5.13 Å². The molecule has 6 nitrogen and oxygen atoms in total. The maximum absolute atomic E-state index is 12.9. The van der Waals surface area contributed by atoms with Gasteiger partial charge in [-0.1, -0.05) is 41.7 Å². The van der Waals surface area contributed by atoms with E-state index >= 15 is 0 Å². The summed E-state index contributed by atoms with van der Waals surface area (Å²) < 4.78 is 0.900. The Morgan fingerprint density at radius 2 is 1.82 bits per heavy atom. The number of hydrogen-bond donors (Lipinski definition) is 1. The molecule has 28 heavy (non-hydrogen) atoms. The molecule has 4 rings (SSSR count). The van der Waals surface area contributed by atoms with Gasteiger partial charge in [-0.3, -0.25) is 14.5 Å². The van der Waals surface area contributed by atoms with Crippen molar-refractivity contribution in [1.29, 1.82) is 0 Å². The Kier molecular flexibility index (Phi) is 5.36. The van der Waals surface area contributed by atoms with Gasteiger partial charge in [0.2, 0.25) is 5.91 Å². The molecule has 2 heterocycles. The van der Waals surface area contributed by atoms with Crippen LogP contribution in [0.3, 0.4) is 0 Å². The first-order valence-corrected chi connectivity index (χ1v) is 10.1.